The van der Waals surface area contributed by atoms with Gasteiger partial charge < -0.3 is 30.3 Å². The van der Waals surface area contributed by atoms with E-state index in [4.69, 9.17) is 9.47 Å². The Kier molecular flexibility index (Phi) is 12.2. The minimum absolute atomic E-state index is 0.0404. The number of aromatic carboxylic acids is 1. The van der Waals surface area contributed by atoms with Crippen LogP contribution in [-0.4, -0.2) is 46.4 Å². The van der Waals surface area contributed by atoms with Crippen molar-refractivity contribution in [2.24, 2.45) is 0 Å². The molecule has 1 heterocycles. The molecule has 4 rings (SSSR count). The number of ether oxygens (including phenoxy) is 2. The minimum atomic E-state index is -0.968. The summed E-state index contributed by atoms with van der Waals surface area (Å²) < 4.78 is 12.8. The zero-order valence-corrected chi connectivity index (χ0v) is 25.0. The summed E-state index contributed by atoms with van der Waals surface area (Å²) in [5, 5.41) is 24.7. The highest BCUT2D eigenvalue weighted by molar-refractivity contribution is 7.99. The first-order chi connectivity index (χ1) is 20.8. The normalized spacial score (nSPS) is 18.1. The molecule has 0 aromatic heterocycles. The second-order valence-corrected chi connectivity index (χ2v) is 11.5. The first kappa shape index (κ1) is 32.2. The quantitative estimate of drug-likeness (QED) is 0.133. The van der Waals surface area contributed by atoms with Gasteiger partial charge in [-0.25, -0.2) is 4.79 Å². The lowest BCUT2D eigenvalue weighted by Gasteiger charge is -2.36. The van der Waals surface area contributed by atoms with Gasteiger partial charge in [-0.1, -0.05) is 55.0 Å². The minimum Gasteiger partial charge on any atom is -0.478 e. The van der Waals surface area contributed by atoms with Crippen LogP contribution in [0.3, 0.4) is 0 Å². The Labute approximate surface area is 256 Å². The number of aliphatic hydroxyl groups is 1. The average molecular weight is 607 g/mol. The maximum absolute atomic E-state index is 12.4. The van der Waals surface area contributed by atoms with Gasteiger partial charge in [-0.15, -0.1) is 11.8 Å². The first-order valence-corrected chi connectivity index (χ1v) is 15.4. The van der Waals surface area contributed by atoms with Crippen LogP contribution in [0.25, 0.3) is 0 Å². The van der Waals surface area contributed by atoms with Gasteiger partial charge in [0.15, 0.2) is 6.29 Å². The molecule has 4 N–H and O–H groups in total. The lowest BCUT2D eigenvalue weighted by Crippen LogP contribution is -2.31. The van der Waals surface area contributed by atoms with Crippen molar-refractivity contribution in [2.75, 3.05) is 17.6 Å². The van der Waals surface area contributed by atoms with Crippen LogP contribution in [0.5, 0.6) is 0 Å². The number of anilines is 1. The molecule has 0 spiro atoms. The topological polar surface area (TPSA) is 134 Å². The van der Waals surface area contributed by atoms with Gasteiger partial charge in [0.2, 0.25) is 11.8 Å². The molecular weight excluding hydrogens is 568 g/mol. The molecule has 43 heavy (non-hydrogen) atoms. The van der Waals surface area contributed by atoms with Crippen molar-refractivity contribution in [3.63, 3.8) is 0 Å². The molecule has 1 aliphatic rings. The molecule has 2 amide bonds. The number of carboxylic acids is 1. The molecule has 1 fully saturated rings. The summed E-state index contributed by atoms with van der Waals surface area (Å²) in [6, 6.07) is 21.9. The fourth-order valence-corrected chi connectivity index (χ4v) is 5.84. The van der Waals surface area contributed by atoms with E-state index in [1.807, 2.05) is 54.6 Å². The van der Waals surface area contributed by atoms with Crippen LogP contribution < -0.4 is 10.6 Å². The predicted octanol–water partition coefficient (Wildman–Crippen LogP) is 5.85. The molecule has 1 aliphatic heterocycles. The number of thioether (sulfide) groups is 1. The molecule has 228 valence electrons. The fourth-order valence-electron chi connectivity index (χ4n) is 4.77. The first-order valence-electron chi connectivity index (χ1n) is 14.4. The van der Waals surface area contributed by atoms with Crippen LogP contribution in [0.4, 0.5) is 5.69 Å². The monoisotopic (exact) mass is 606 g/mol. The second kappa shape index (κ2) is 16.2. The van der Waals surface area contributed by atoms with Gasteiger partial charge in [0.25, 0.3) is 0 Å². The fraction of sp³-hybridized carbons (Fsp3) is 0.364. The highest BCUT2D eigenvalue weighted by Crippen LogP contribution is 2.40. The highest BCUT2D eigenvalue weighted by atomic mass is 32.2. The van der Waals surface area contributed by atoms with Gasteiger partial charge >= 0.3 is 5.97 Å². The molecule has 10 heteroatoms. The molecule has 3 unspecified atom stereocenters. The Morgan fingerprint density at radius 2 is 1.63 bits per heavy atom. The number of hydrogen-bond donors (Lipinski definition) is 4. The SMILES string of the molecule is CC(=O)NCCCCCC(=O)Nc1ccc(C2OC(CSc3ccccc3C(=O)O)CC(c3ccc(CO)cc3)O2)cc1. The van der Waals surface area contributed by atoms with Crippen LogP contribution in [0.15, 0.2) is 77.7 Å². The van der Waals surface area contributed by atoms with Crippen molar-refractivity contribution in [3.05, 3.63) is 95.1 Å². The van der Waals surface area contributed by atoms with Crippen molar-refractivity contribution in [1.82, 2.24) is 5.32 Å². The Bertz CT molecular complexity index is 1360. The van der Waals surface area contributed by atoms with Crippen molar-refractivity contribution in [3.8, 4) is 0 Å². The molecular formula is C33H38N2O7S. The lowest BCUT2D eigenvalue weighted by atomic mass is 10.0. The third kappa shape index (κ3) is 9.93. The second-order valence-electron chi connectivity index (χ2n) is 10.4. The molecule has 9 nitrogen and oxygen atoms in total. The van der Waals surface area contributed by atoms with Crippen molar-refractivity contribution in [1.29, 1.82) is 0 Å². The van der Waals surface area contributed by atoms with E-state index < -0.39 is 12.3 Å². The van der Waals surface area contributed by atoms with Gasteiger partial charge in [0, 0.05) is 48.2 Å². The van der Waals surface area contributed by atoms with E-state index in [9.17, 15) is 24.6 Å². The Morgan fingerprint density at radius 3 is 2.33 bits per heavy atom. The molecule has 3 atom stereocenters. The predicted molar refractivity (Wildman–Crippen MR) is 165 cm³/mol. The van der Waals surface area contributed by atoms with Crippen LogP contribution in [0, 0.1) is 0 Å². The largest absolute Gasteiger partial charge is 0.478 e. The number of unbranched alkanes of at least 4 members (excludes halogenated alkanes) is 2. The number of amides is 2. The Hall–Kier alpha value is -3.70. The van der Waals surface area contributed by atoms with E-state index >= 15 is 0 Å². The van der Waals surface area contributed by atoms with E-state index in [-0.39, 0.29) is 36.2 Å². The number of carbonyl (C=O) groups is 3. The summed E-state index contributed by atoms with van der Waals surface area (Å²) >= 11 is 1.44. The van der Waals surface area contributed by atoms with E-state index in [1.165, 1.54) is 18.7 Å². The maximum Gasteiger partial charge on any atom is 0.336 e. The molecule has 0 radical (unpaired) electrons. The summed E-state index contributed by atoms with van der Waals surface area (Å²) in [5.74, 6) is -0.547. The van der Waals surface area contributed by atoms with Gasteiger partial charge in [-0.3, -0.25) is 9.59 Å². The van der Waals surface area contributed by atoms with E-state index in [2.05, 4.69) is 10.6 Å². The summed E-state index contributed by atoms with van der Waals surface area (Å²) in [7, 11) is 0. The summed E-state index contributed by atoms with van der Waals surface area (Å²) in [5.41, 5.74) is 3.51. The molecule has 3 aromatic carbocycles. The average Bonchev–Trinajstić information content (AvgIpc) is 3.02. The lowest BCUT2D eigenvalue weighted by molar-refractivity contribution is -0.245. The number of nitrogens with one attached hydrogen (secondary N) is 2. The zero-order chi connectivity index (χ0) is 30.6. The third-order valence-corrected chi connectivity index (χ3v) is 8.28. The van der Waals surface area contributed by atoms with Crippen LogP contribution in [0.2, 0.25) is 0 Å². The van der Waals surface area contributed by atoms with Gasteiger partial charge in [-0.05, 0) is 48.2 Å². The van der Waals surface area contributed by atoms with Gasteiger partial charge in [0.1, 0.15) is 0 Å². The van der Waals surface area contributed by atoms with Crippen molar-refractivity contribution >= 4 is 35.2 Å². The number of aliphatic hydroxyl groups excluding tert-OH is 1. The Balaban J connectivity index is 1.39. The van der Waals surface area contributed by atoms with E-state index in [0.717, 1.165) is 36.0 Å². The molecule has 1 saturated heterocycles. The molecule has 0 saturated carbocycles. The number of rotatable bonds is 14. The smallest absolute Gasteiger partial charge is 0.336 e. The molecule has 0 bridgehead atoms. The summed E-state index contributed by atoms with van der Waals surface area (Å²) in [4.78, 5) is 35.7. The highest BCUT2D eigenvalue weighted by Gasteiger charge is 2.32. The summed E-state index contributed by atoms with van der Waals surface area (Å²) in [6.07, 6.45) is 2.26. The zero-order valence-electron chi connectivity index (χ0n) is 24.2. The number of carbonyl (C=O) groups excluding carboxylic acids is 2. The molecule has 3 aromatic rings. The number of hydrogen-bond acceptors (Lipinski definition) is 7. The third-order valence-electron chi connectivity index (χ3n) is 7.08. The maximum atomic E-state index is 12.4. The molecule has 0 aliphatic carbocycles. The Morgan fingerprint density at radius 1 is 0.907 bits per heavy atom. The number of carboxylic acid groups (broad SMARTS) is 1. The van der Waals surface area contributed by atoms with Crippen molar-refractivity contribution < 1.29 is 34.1 Å². The summed E-state index contributed by atoms with van der Waals surface area (Å²) in [6.45, 7) is 2.07. The van der Waals surface area contributed by atoms with E-state index in [1.54, 1.807) is 18.2 Å². The van der Waals surface area contributed by atoms with Crippen molar-refractivity contribution in [2.45, 2.75) is 69.0 Å². The van der Waals surface area contributed by atoms with E-state index in [0.29, 0.717) is 35.7 Å². The standard InChI is InChI=1S/C33H38N2O7S/c1-22(37)34-18-6-2-3-9-31(38)35-26-16-14-25(15-17-26)33-41-27(21-43-30-8-5-4-7-28(30)32(39)40)19-29(42-33)24-12-10-23(20-36)11-13-24/h4-5,7-8,10-17,27,29,33,36H,2-3,6,9,18-21H2,1H3,(H,34,37)(H,35,38)(H,39,40). The van der Waals surface area contributed by atoms with Crippen LogP contribution in [-0.2, 0) is 25.7 Å². The number of benzene rings is 3. The van der Waals surface area contributed by atoms with Crippen LogP contribution >= 0.6 is 11.8 Å². The van der Waals surface area contributed by atoms with Crippen LogP contribution in [0.1, 0.15) is 78.5 Å². The van der Waals surface area contributed by atoms with Gasteiger partial charge in [-0.2, -0.15) is 0 Å². The van der Waals surface area contributed by atoms with Gasteiger partial charge in [0.05, 0.1) is 24.4 Å².